The maximum absolute atomic E-state index is 12.1. The summed E-state index contributed by atoms with van der Waals surface area (Å²) >= 11 is 3.35. The fraction of sp³-hybridized carbons (Fsp3) is 0. The van der Waals surface area contributed by atoms with Gasteiger partial charge in [0.2, 0.25) is 5.88 Å². The molecular formula is C18H13BrN4O3. The number of carbonyl (C=O) groups excluding carboxylic acids is 2. The SMILES string of the molecule is O=C(NNC(=O)c1ccccn1)c1ccc(Oc2ccc(Br)cc2)nc1. The summed E-state index contributed by atoms with van der Waals surface area (Å²) in [5, 5.41) is 0. The summed E-state index contributed by atoms with van der Waals surface area (Å²) in [6, 6.07) is 15.3. The molecule has 8 heteroatoms. The second-order valence-electron chi connectivity index (χ2n) is 5.06. The van der Waals surface area contributed by atoms with Crippen LogP contribution in [0, 0.1) is 0 Å². The summed E-state index contributed by atoms with van der Waals surface area (Å²) in [7, 11) is 0. The Kier molecular flexibility index (Phi) is 5.55. The van der Waals surface area contributed by atoms with Crippen molar-refractivity contribution >= 4 is 27.7 Å². The van der Waals surface area contributed by atoms with Gasteiger partial charge in [0.25, 0.3) is 11.8 Å². The van der Waals surface area contributed by atoms with E-state index in [9.17, 15) is 9.59 Å². The molecule has 0 fully saturated rings. The van der Waals surface area contributed by atoms with Crippen LogP contribution in [0.3, 0.4) is 0 Å². The average molecular weight is 413 g/mol. The molecule has 3 rings (SSSR count). The normalized spacial score (nSPS) is 10.0. The fourth-order valence-electron chi connectivity index (χ4n) is 1.95. The highest BCUT2D eigenvalue weighted by Gasteiger charge is 2.10. The maximum atomic E-state index is 12.1. The number of halogens is 1. The molecule has 0 radical (unpaired) electrons. The molecule has 0 saturated heterocycles. The van der Waals surface area contributed by atoms with Gasteiger partial charge in [0, 0.05) is 22.9 Å². The van der Waals surface area contributed by atoms with Crippen molar-refractivity contribution in [2.45, 2.75) is 0 Å². The summed E-state index contributed by atoms with van der Waals surface area (Å²) in [6.07, 6.45) is 2.85. The van der Waals surface area contributed by atoms with E-state index in [0.717, 1.165) is 4.47 Å². The summed E-state index contributed by atoms with van der Waals surface area (Å²) < 4.78 is 6.52. The van der Waals surface area contributed by atoms with E-state index in [4.69, 9.17) is 4.74 Å². The Morgan fingerprint density at radius 2 is 1.65 bits per heavy atom. The predicted octanol–water partition coefficient (Wildman–Crippen LogP) is 3.11. The number of nitrogens with one attached hydrogen (secondary N) is 2. The summed E-state index contributed by atoms with van der Waals surface area (Å²) in [4.78, 5) is 31.9. The highest BCUT2D eigenvalue weighted by Crippen LogP contribution is 2.21. The van der Waals surface area contributed by atoms with Crippen molar-refractivity contribution in [2.24, 2.45) is 0 Å². The second-order valence-corrected chi connectivity index (χ2v) is 5.98. The zero-order chi connectivity index (χ0) is 18.4. The number of rotatable bonds is 4. The molecule has 0 saturated carbocycles. The molecule has 2 N–H and O–H groups in total. The minimum atomic E-state index is -0.512. The lowest BCUT2D eigenvalue weighted by Gasteiger charge is -2.08. The van der Waals surface area contributed by atoms with Gasteiger partial charge in [-0.3, -0.25) is 25.4 Å². The number of hydrazine groups is 1. The Hall–Kier alpha value is -3.26. The standard InChI is InChI=1S/C18H13BrN4O3/c19-13-5-7-14(8-6-13)26-16-9-4-12(11-21-16)17(24)22-23-18(25)15-3-1-2-10-20-15/h1-11H,(H,22,24)(H,23,25). The molecule has 0 unspecified atom stereocenters. The molecular weight excluding hydrogens is 400 g/mol. The molecule has 3 aromatic rings. The molecule has 0 spiro atoms. The van der Waals surface area contributed by atoms with Gasteiger partial charge >= 0.3 is 0 Å². The van der Waals surface area contributed by atoms with Gasteiger partial charge in [-0.15, -0.1) is 0 Å². The lowest BCUT2D eigenvalue weighted by atomic mass is 10.3. The van der Waals surface area contributed by atoms with Crippen LogP contribution in [0.4, 0.5) is 0 Å². The van der Waals surface area contributed by atoms with Crippen LogP contribution in [0.25, 0.3) is 0 Å². The van der Waals surface area contributed by atoms with Crippen LogP contribution in [0.2, 0.25) is 0 Å². The predicted molar refractivity (Wildman–Crippen MR) is 97.6 cm³/mol. The van der Waals surface area contributed by atoms with Gasteiger partial charge in [0.1, 0.15) is 11.4 Å². The Bertz CT molecular complexity index is 900. The van der Waals surface area contributed by atoms with Gasteiger partial charge in [0.05, 0.1) is 5.56 Å². The number of amides is 2. The zero-order valence-electron chi connectivity index (χ0n) is 13.3. The second kappa shape index (κ2) is 8.21. The molecule has 2 aromatic heterocycles. The van der Waals surface area contributed by atoms with Crippen molar-refractivity contribution in [1.82, 2.24) is 20.8 Å². The third kappa shape index (κ3) is 4.64. The Labute approximate surface area is 157 Å². The number of aromatic nitrogens is 2. The Balaban J connectivity index is 1.56. The zero-order valence-corrected chi connectivity index (χ0v) is 14.9. The van der Waals surface area contributed by atoms with E-state index >= 15 is 0 Å². The largest absolute Gasteiger partial charge is 0.439 e. The van der Waals surface area contributed by atoms with Crippen LogP contribution in [0.1, 0.15) is 20.8 Å². The van der Waals surface area contributed by atoms with E-state index in [1.165, 1.54) is 18.5 Å². The van der Waals surface area contributed by atoms with Crippen molar-refractivity contribution in [3.8, 4) is 11.6 Å². The van der Waals surface area contributed by atoms with E-state index in [1.54, 1.807) is 36.4 Å². The van der Waals surface area contributed by atoms with E-state index in [1.807, 2.05) is 12.1 Å². The summed E-state index contributed by atoms with van der Waals surface area (Å²) in [6.45, 7) is 0. The van der Waals surface area contributed by atoms with Gasteiger partial charge in [0.15, 0.2) is 0 Å². The molecule has 2 heterocycles. The lowest BCUT2D eigenvalue weighted by molar-refractivity contribution is 0.0843. The molecule has 0 atom stereocenters. The quantitative estimate of drug-likeness (QED) is 0.642. The monoisotopic (exact) mass is 412 g/mol. The highest BCUT2D eigenvalue weighted by molar-refractivity contribution is 9.10. The third-order valence-corrected chi connectivity index (χ3v) is 3.75. The van der Waals surface area contributed by atoms with Gasteiger partial charge in [-0.25, -0.2) is 4.98 Å². The van der Waals surface area contributed by atoms with Crippen molar-refractivity contribution in [1.29, 1.82) is 0 Å². The first-order valence-corrected chi connectivity index (χ1v) is 8.32. The third-order valence-electron chi connectivity index (χ3n) is 3.22. The van der Waals surface area contributed by atoms with Gasteiger partial charge in [-0.2, -0.15) is 0 Å². The fourth-order valence-corrected chi connectivity index (χ4v) is 2.21. The number of hydrogen-bond donors (Lipinski definition) is 2. The first kappa shape index (κ1) is 17.6. The van der Waals surface area contributed by atoms with Crippen molar-refractivity contribution in [2.75, 3.05) is 0 Å². The number of carbonyl (C=O) groups is 2. The van der Waals surface area contributed by atoms with Crippen LogP contribution in [0.15, 0.2) is 71.5 Å². The highest BCUT2D eigenvalue weighted by atomic mass is 79.9. The van der Waals surface area contributed by atoms with Crippen molar-refractivity contribution < 1.29 is 14.3 Å². The summed E-state index contributed by atoms with van der Waals surface area (Å²) in [5.41, 5.74) is 5.07. The molecule has 130 valence electrons. The Morgan fingerprint density at radius 1 is 0.885 bits per heavy atom. The molecule has 0 aliphatic heterocycles. The topological polar surface area (TPSA) is 93.2 Å². The average Bonchev–Trinajstić information content (AvgIpc) is 2.69. The number of pyridine rings is 2. The van der Waals surface area contributed by atoms with E-state index in [2.05, 4.69) is 36.7 Å². The van der Waals surface area contributed by atoms with Gasteiger partial charge in [-0.1, -0.05) is 22.0 Å². The molecule has 0 aliphatic carbocycles. The molecule has 7 nitrogen and oxygen atoms in total. The lowest BCUT2D eigenvalue weighted by Crippen LogP contribution is -2.41. The minimum absolute atomic E-state index is 0.198. The minimum Gasteiger partial charge on any atom is -0.439 e. The maximum Gasteiger partial charge on any atom is 0.288 e. The van der Waals surface area contributed by atoms with E-state index in [-0.39, 0.29) is 11.3 Å². The van der Waals surface area contributed by atoms with Crippen LogP contribution in [0.5, 0.6) is 11.6 Å². The summed E-state index contributed by atoms with van der Waals surface area (Å²) in [5.74, 6) is -0.0407. The molecule has 1 aromatic carbocycles. The van der Waals surface area contributed by atoms with Crippen LogP contribution < -0.4 is 15.6 Å². The molecule has 0 aliphatic rings. The van der Waals surface area contributed by atoms with Gasteiger partial charge in [-0.05, 0) is 42.5 Å². The van der Waals surface area contributed by atoms with Crippen LogP contribution in [-0.2, 0) is 0 Å². The first-order valence-electron chi connectivity index (χ1n) is 7.53. The van der Waals surface area contributed by atoms with Crippen molar-refractivity contribution in [3.05, 3.63) is 82.7 Å². The molecule has 2 amide bonds. The Morgan fingerprint density at radius 3 is 2.31 bits per heavy atom. The van der Waals surface area contributed by atoms with Gasteiger partial charge < -0.3 is 4.74 Å². The number of hydrogen-bond acceptors (Lipinski definition) is 5. The number of benzene rings is 1. The molecule has 0 bridgehead atoms. The smallest absolute Gasteiger partial charge is 0.288 e. The number of ether oxygens (including phenoxy) is 1. The van der Waals surface area contributed by atoms with E-state index < -0.39 is 11.8 Å². The number of nitrogens with zero attached hydrogens (tertiary/aromatic N) is 2. The molecule has 26 heavy (non-hydrogen) atoms. The first-order chi connectivity index (χ1) is 12.6. The van der Waals surface area contributed by atoms with Crippen LogP contribution in [-0.4, -0.2) is 21.8 Å². The van der Waals surface area contributed by atoms with Crippen molar-refractivity contribution in [3.63, 3.8) is 0 Å². The van der Waals surface area contributed by atoms with E-state index in [0.29, 0.717) is 11.6 Å². The van der Waals surface area contributed by atoms with Crippen LogP contribution >= 0.6 is 15.9 Å².